The number of nitrogens with zero attached hydrogens (tertiary/aromatic N) is 1. The second kappa shape index (κ2) is 11.6. The molecule has 0 saturated carbocycles. The topological polar surface area (TPSA) is 85.3 Å². The minimum atomic E-state index is -0.904. The number of carbonyl (C=O) groups excluding carboxylic acids is 2. The van der Waals surface area contributed by atoms with E-state index in [0.29, 0.717) is 58.2 Å². The summed E-state index contributed by atoms with van der Waals surface area (Å²) in [4.78, 5) is 28.3. The Kier molecular flexibility index (Phi) is 8.27. The fraction of sp³-hybridized carbons (Fsp3) is 0.267. The van der Waals surface area contributed by atoms with Crippen molar-refractivity contribution in [3.05, 3.63) is 88.5 Å². The largest absolute Gasteiger partial charge is 0.507 e. The summed E-state index contributed by atoms with van der Waals surface area (Å²) in [5.41, 5.74) is 1.35. The first kappa shape index (κ1) is 27.1. The molecule has 1 heterocycles. The third-order valence-corrected chi connectivity index (χ3v) is 6.37. The van der Waals surface area contributed by atoms with E-state index in [4.69, 9.17) is 25.8 Å². The fourth-order valence-electron chi connectivity index (χ4n) is 4.26. The molecule has 0 spiro atoms. The van der Waals surface area contributed by atoms with E-state index in [0.717, 1.165) is 0 Å². The fourth-order valence-corrected chi connectivity index (χ4v) is 4.44. The van der Waals surface area contributed by atoms with Crippen LogP contribution in [0.2, 0.25) is 5.02 Å². The van der Waals surface area contributed by atoms with E-state index < -0.39 is 17.7 Å². The number of hydrogen-bond acceptors (Lipinski definition) is 6. The number of ether oxygens (including phenoxy) is 3. The molecule has 3 aromatic rings. The molecule has 1 aliphatic rings. The van der Waals surface area contributed by atoms with Crippen molar-refractivity contribution < 1.29 is 28.9 Å². The maximum atomic E-state index is 13.4. The molecule has 3 aromatic carbocycles. The summed E-state index contributed by atoms with van der Waals surface area (Å²) in [5.74, 6) is 0.0435. The monoisotopic (exact) mass is 535 g/mol. The van der Waals surface area contributed by atoms with E-state index in [1.165, 1.54) is 12.0 Å². The number of anilines is 1. The first-order chi connectivity index (χ1) is 18.2. The third-order valence-electron chi connectivity index (χ3n) is 6.06. The average Bonchev–Trinajstić information content (AvgIpc) is 3.18. The van der Waals surface area contributed by atoms with Crippen LogP contribution < -0.4 is 19.1 Å². The van der Waals surface area contributed by atoms with Crippen LogP contribution in [-0.2, 0) is 9.59 Å². The molecule has 4 rings (SSSR count). The molecule has 1 unspecified atom stereocenters. The average molecular weight is 536 g/mol. The molecule has 7 nitrogen and oxygen atoms in total. The quantitative estimate of drug-likeness (QED) is 0.194. The number of methoxy groups -OCH3 is 1. The lowest BCUT2D eigenvalue weighted by atomic mass is 9.95. The summed E-state index contributed by atoms with van der Waals surface area (Å²) in [5, 5.41) is 11.8. The standard InChI is InChI=1S/C30H30ClNO6/c1-5-37-25-16-20(9-14-24(25)31)28(33)26-27(19-7-6-8-23(15-19)36-4)32(30(35)29(26)34)21-10-12-22(13-11-21)38-17-18(2)3/h6-16,18,27,33H,5,17H2,1-4H3/b28-26-. The molecule has 0 aliphatic carbocycles. The molecule has 0 radical (unpaired) electrons. The Balaban J connectivity index is 1.85. The van der Waals surface area contributed by atoms with E-state index in [1.807, 2.05) is 6.92 Å². The van der Waals surface area contributed by atoms with Crippen molar-refractivity contribution in [3.8, 4) is 17.2 Å². The van der Waals surface area contributed by atoms with Crippen LogP contribution in [0.4, 0.5) is 5.69 Å². The Morgan fingerprint density at radius 1 is 1.00 bits per heavy atom. The highest BCUT2D eigenvalue weighted by Crippen LogP contribution is 2.43. The van der Waals surface area contributed by atoms with Gasteiger partial charge in [-0.25, -0.2) is 0 Å². The van der Waals surface area contributed by atoms with Crippen molar-refractivity contribution in [1.82, 2.24) is 0 Å². The molecule has 38 heavy (non-hydrogen) atoms. The van der Waals surface area contributed by atoms with E-state index in [9.17, 15) is 14.7 Å². The lowest BCUT2D eigenvalue weighted by Gasteiger charge is -2.26. The van der Waals surface area contributed by atoms with Crippen molar-refractivity contribution in [3.63, 3.8) is 0 Å². The first-order valence-electron chi connectivity index (χ1n) is 12.4. The van der Waals surface area contributed by atoms with Crippen molar-refractivity contribution in [2.24, 2.45) is 5.92 Å². The van der Waals surface area contributed by atoms with Crippen LogP contribution in [0.5, 0.6) is 17.2 Å². The summed E-state index contributed by atoms with van der Waals surface area (Å²) >= 11 is 6.23. The van der Waals surface area contributed by atoms with Crippen molar-refractivity contribution >= 4 is 34.7 Å². The maximum Gasteiger partial charge on any atom is 0.300 e. The molecule has 1 amide bonds. The van der Waals surface area contributed by atoms with Gasteiger partial charge < -0.3 is 19.3 Å². The number of aliphatic hydroxyl groups is 1. The predicted molar refractivity (Wildman–Crippen MR) is 147 cm³/mol. The molecule has 8 heteroatoms. The van der Waals surface area contributed by atoms with Gasteiger partial charge in [-0.05, 0) is 73.0 Å². The number of benzene rings is 3. The number of aliphatic hydroxyl groups excluding tert-OH is 1. The number of ketones is 1. The molecule has 1 aliphatic heterocycles. The minimum Gasteiger partial charge on any atom is -0.507 e. The van der Waals surface area contributed by atoms with Gasteiger partial charge >= 0.3 is 0 Å². The zero-order valence-electron chi connectivity index (χ0n) is 21.7. The molecule has 1 atom stereocenters. The number of rotatable bonds is 9. The van der Waals surface area contributed by atoms with Gasteiger partial charge in [-0.15, -0.1) is 0 Å². The van der Waals surface area contributed by atoms with Crippen LogP contribution >= 0.6 is 11.6 Å². The summed E-state index contributed by atoms with van der Waals surface area (Å²) in [6.45, 7) is 6.85. The second-order valence-electron chi connectivity index (χ2n) is 9.22. The Morgan fingerprint density at radius 3 is 2.39 bits per heavy atom. The summed E-state index contributed by atoms with van der Waals surface area (Å²) in [6.07, 6.45) is 0. The highest BCUT2D eigenvalue weighted by Gasteiger charge is 2.47. The summed E-state index contributed by atoms with van der Waals surface area (Å²) < 4.78 is 16.7. The van der Waals surface area contributed by atoms with Gasteiger partial charge in [-0.1, -0.05) is 37.6 Å². The van der Waals surface area contributed by atoms with Gasteiger partial charge in [0.25, 0.3) is 11.7 Å². The van der Waals surface area contributed by atoms with Crippen LogP contribution in [-0.4, -0.2) is 37.1 Å². The molecule has 1 saturated heterocycles. The first-order valence-corrected chi connectivity index (χ1v) is 12.7. The molecule has 1 N–H and O–H groups in total. The molecule has 1 fully saturated rings. The zero-order chi connectivity index (χ0) is 27.4. The van der Waals surface area contributed by atoms with E-state index >= 15 is 0 Å². The Morgan fingerprint density at radius 2 is 1.74 bits per heavy atom. The van der Waals surface area contributed by atoms with Crippen LogP contribution in [0.15, 0.2) is 72.3 Å². The van der Waals surface area contributed by atoms with Gasteiger partial charge in [0, 0.05) is 11.3 Å². The summed E-state index contributed by atoms with van der Waals surface area (Å²) in [6, 6.07) is 17.8. The number of amides is 1. The van der Waals surface area contributed by atoms with Crippen LogP contribution in [0.3, 0.4) is 0 Å². The number of hydrogen-bond donors (Lipinski definition) is 1. The number of halogens is 1. The number of Topliss-reactive ketones (excluding diaryl/α,β-unsaturated/α-hetero) is 1. The van der Waals surface area contributed by atoms with Crippen molar-refractivity contribution in [2.45, 2.75) is 26.8 Å². The number of carbonyl (C=O) groups is 2. The highest BCUT2D eigenvalue weighted by atomic mass is 35.5. The lowest BCUT2D eigenvalue weighted by Crippen LogP contribution is -2.29. The third kappa shape index (κ3) is 5.48. The van der Waals surface area contributed by atoms with Crippen molar-refractivity contribution in [2.75, 3.05) is 25.2 Å². The molecule has 0 aromatic heterocycles. The smallest absolute Gasteiger partial charge is 0.300 e. The van der Waals surface area contributed by atoms with Crippen LogP contribution in [0.25, 0.3) is 5.76 Å². The lowest BCUT2D eigenvalue weighted by molar-refractivity contribution is -0.132. The van der Waals surface area contributed by atoms with Crippen LogP contribution in [0, 0.1) is 5.92 Å². The van der Waals surface area contributed by atoms with E-state index in [-0.39, 0.29) is 11.3 Å². The SMILES string of the molecule is CCOc1cc(/C(O)=C2/C(=O)C(=O)N(c3ccc(OCC(C)C)cc3)C2c2cccc(OC)c2)ccc1Cl. The van der Waals surface area contributed by atoms with Gasteiger partial charge in [0.05, 0.1) is 37.0 Å². The predicted octanol–water partition coefficient (Wildman–Crippen LogP) is 6.41. The molecule has 0 bridgehead atoms. The Labute approximate surface area is 227 Å². The molecule has 198 valence electrons. The van der Waals surface area contributed by atoms with Gasteiger partial charge in [-0.2, -0.15) is 0 Å². The maximum absolute atomic E-state index is 13.4. The van der Waals surface area contributed by atoms with Gasteiger partial charge in [0.15, 0.2) is 0 Å². The molecular formula is C30H30ClNO6. The normalized spacial score (nSPS) is 16.7. The zero-order valence-corrected chi connectivity index (χ0v) is 22.5. The van der Waals surface area contributed by atoms with Gasteiger partial charge in [0.2, 0.25) is 0 Å². The van der Waals surface area contributed by atoms with Gasteiger partial charge in [-0.3, -0.25) is 14.5 Å². The van der Waals surface area contributed by atoms with Crippen molar-refractivity contribution in [1.29, 1.82) is 0 Å². The summed E-state index contributed by atoms with van der Waals surface area (Å²) in [7, 11) is 1.54. The Bertz CT molecular complexity index is 1370. The second-order valence-corrected chi connectivity index (χ2v) is 9.63. The van der Waals surface area contributed by atoms with E-state index in [1.54, 1.807) is 66.7 Å². The highest BCUT2D eigenvalue weighted by molar-refractivity contribution is 6.51. The Hall–Kier alpha value is -3.97. The van der Waals surface area contributed by atoms with Gasteiger partial charge in [0.1, 0.15) is 23.0 Å². The van der Waals surface area contributed by atoms with Crippen LogP contribution in [0.1, 0.15) is 37.9 Å². The molecular weight excluding hydrogens is 506 g/mol. The van der Waals surface area contributed by atoms with E-state index in [2.05, 4.69) is 13.8 Å². The minimum absolute atomic E-state index is 0.0480.